The quantitative estimate of drug-likeness (QED) is 0.894. The molecule has 5 nitrogen and oxygen atoms in total. The van der Waals surface area contributed by atoms with Gasteiger partial charge in [0.05, 0.1) is 17.2 Å². The number of hydrogen-bond acceptors (Lipinski definition) is 4. The van der Waals surface area contributed by atoms with Gasteiger partial charge in [-0.15, -0.1) is 0 Å². The van der Waals surface area contributed by atoms with Gasteiger partial charge in [-0.25, -0.2) is 4.79 Å². The summed E-state index contributed by atoms with van der Waals surface area (Å²) in [5.74, 6) is 0. The van der Waals surface area contributed by atoms with Crippen LogP contribution in [0, 0.1) is 0 Å². The minimum Gasteiger partial charge on any atom is -0.444 e. The summed E-state index contributed by atoms with van der Waals surface area (Å²) in [6.45, 7) is 11.8. The molecule has 1 N–H and O–H groups in total. The highest BCUT2D eigenvalue weighted by Crippen LogP contribution is 2.46. The van der Waals surface area contributed by atoms with Crippen LogP contribution in [0.2, 0.25) is 0 Å². The summed E-state index contributed by atoms with van der Waals surface area (Å²) in [6, 6.07) is 10.3. The fraction of sp³-hybridized carbons (Fsp3) is 0.650. The first-order chi connectivity index (χ1) is 11.5. The molecule has 2 aliphatic heterocycles. The van der Waals surface area contributed by atoms with Crippen LogP contribution in [-0.4, -0.2) is 56.9 Å². The van der Waals surface area contributed by atoms with E-state index in [0.29, 0.717) is 13.0 Å². The number of hydrogen-bond donors (Lipinski definition) is 1. The van der Waals surface area contributed by atoms with Crippen molar-refractivity contribution in [1.82, 2.24) is 9.80 Å². The van der Waals surface area contributed by atoms with Crippen molar-refractivity contribution in [2.45, 2.75) is 70.4 Å². The number of fused-ring (bicyclic) bond motifs is 2. The van der Waals surface area contributed by atoms with E-state index in [2.05, 4.69) is 24.0 Å². The van der Waals surface area contributed by atoms with Crippen LogP contribution in [-0.2, 0) is 11.3 Å². The van der Waals surface area contributed by atoms with Gasteiger partial charge in [-0.1, -0.05) is 30.3 Å². The number of benzene rings is 1. The summed E-state index contributed by atoms with van der Waals surface area (Å²) in [7, 11) is 0. The van der Waals surface area contributed by atoms with Crippen molar-refractivity contribution < 1.29 is 14.6 Å². The first-order valence-corrected chi connectivity index (χ1v) is 9.01. The summed E-state index contributed by atoms with van der Waals surface area (Å²) >= 11 is 0. The van der Waals surface area contributed by atoms with Crippen LogP contribution < -0.4 is 0 Å². The van der Waals surface area contributed by atoms with Gasteiger partial charge in [-0.05, 0) is 40.2 Å². The highest BCUT2D eigenvalue weighted by molar-refractivity contribution is 5.71. The van der Waals surface area contributed by atoms with Gasteiger partial charge >= 0.3 is 6.09 Å². The molecule has 2 fully saturated rings. The smallest absolute Gasteiger partial charge is 0.411 e. The third-order valence-corrected chi connectivity index (χ3v) is 5.33. The number of rotatable bonds is 2. The number of carbonyl (C=O) groups is 1. The zero-order chi connectivity index (χ0) is 18.5. The Balaban J connectivity index is 1.84. The second kappa shape index (κ2) is 5.99. The number of aliphatic hydroxyl groups excluding tert-OH is 1. The topological polar surface area (TPSA) is 53.0 Å². The molecule has 5 heteroatoms. The van der Waals surface area contributed by atoms with Crippen molar-refractivity contribution in [3.63, 3.8) is 0 Å². The maximum atomic E-state index is 12.9. The van der Waals surface area contributed by atoms with Crippen molar-refractivity contribution >= 4 is 6.09 Å². The number of amides is 1. The molecule has 1 aromatic rings. The van der Waals surface area contributed by atoms with Gasteiger partial charge < -0.3 is 9.84 Å². The molecule has 0 aliphatic carbocycles. The van der Waals surface area contributed by atoms with E-state index in [9.17, 15) is 9.90 Å². The molecule has 2 saturated heterocycles. The van der Waals surface area contributed by atoms with Gasteiger partial charge in [0.25, 0.3) is 0 Å². The number of carbonyl (C=O) groups excluding carboxylic acids is 1. The second-order valence-electron chi connectivity index (χ2n) is 9.02. The molecule has 0 spiro atoms. The van der Waals surface area contributed by atoms with Crippen LogP contribution in [0.5, 0.6) is 0 Å². The maximum absolute atomic E-state index is 12.9. The van der Waals surface area contributed by atoms with Gasteiger partial charge in [0.15, 0.2) is 0 Å². The SMILES string of the molecule is CC(C)(C)OC(=O)N1C2(C)CC(O)C1(C)CN(Cc1ccccc1)C2. The van der Waals surface area contributed by atoms with E-state index in [1.54, 1.807) is 4.90 Å². The maximum Gasteiger partial charge on any atom is 0.411 e. The van der Waals surface area contributed by atoms with Crippen LogP contribution in [0.3, 0.4) is 0 Å². The van der Waals surface area contributed by atoms with Crippen LogP contribution in [0.15, 0.2) is 30.3 Å². The molecular weight excluding hydrogens is 316 g/mol. The number of ether oxygens (including phenoxy) is 1. The standard InChI is InChI=1S/C20H30N2O3/c1-18(2,3)25-17(24)22-19(4)11-16(23)20(22,5)14-21(13-19)12-15-9-7-6-8-10-15/h6-10,16,23H,11-14H2,1-5H3. The summed E-state index contributed by atoms with van der Waals surface area (Å²) in [4.78, 5) is 17.0. The molecule has 0 aromatic heterocycles. The summed E-state index contributed by atoms with van der Waals surface area (Å²) < 4.78 is 5.65. The minimum atomic E-state index is -0.635. The van der Waals surface area contributed by atoms with E-state index in [0.717, 1.165) is 13.1 Å². The predicted molar refractivity (Wildman–Crippen MR) is 97.2 cm³/mol. The summed E-state index contributed by atoms with van der Waals surface area (Å²) in [6.07, 6.45) is -0.298. The zero-order valence-corrected chi connectivity index (χ0v) is 16.0. The Morgan fingerprint density at radius 1 is 1.24 bits per heavy atom. The van der Waals surface area contributed by atoms with Crippen LogP contribution >= 0.6 is 0 Å². The molecule has 3 rings (SSSR count). The normalized spacial score (nSPS) is 32.7. The van der Waals surface area contributed by atoms with E-state index >= 15 is 0 Å². The summed E-state index contributed by atoms with van der Waals surface area (Å²) in [5, 5.41) is 10.7. The van der Waals surface area contributed by atoms with Gasteiger partial charge in [0.2, 0.25) is 0 Å². The third kappa shape index (κ3) is 3.40. The number of nitrogens with zero attached hydrogens (tertiary/aromatic N) is 2. The van der Waals surface area contributed by atoms with E-state index < -0.39 is 22.8 Å². The fourth-order valence-corrected chi connectivity index (χ4v) is 4.48. The molecular formula is C20H30N2O3. The van der Waals surface area contributed by atoms with Crippen molar-refractivity contribution in [3.8, 4) is 0 Å². The van der Waals surface area contributed by atoms with Crippen molar-refractivity contribution in [2.24, 2.45) is 0 Å². The Morgan fingerprint density at radius 3 is 2.44 bits per heavy atom. The minimum absolute atomic E-state index is 0.326. The Morgan fingerprint density at radius 2 is 1.88 bits per heavy atom. The molecule has 1 amide bonds. The van der Waals surface area contributed by atoms with E-state index in [4.69, 9.17) is 4.74 Å². The van der Waals surface area contributed by atoms with Crippen molar-refractivity contribution in [2.75, 3.05) is 13.1 Å². The van der Waals surface area contributed by atoms with Crippen molar-refractivity contribution in [1.29, 1.82) is 0 Å². The Hall–Kier alpha value is -1.59. The molecule has 0 radical (unpaired) electrons. The molecule has 2 heterocycles. The van der Waals surface area contributed by atoms with E-state index in [1.165, 1.54) is 5.56 Å². The third-order valence-electron chi connectivity index (χ3n) is 5.33. The first kappa shape index (κ1) is 18.2. The fourth-order valence-electron chi connectivity index (χ4n) is 4.48. The lowest BCUT2D eigenvalue weighted by Gasteiger charge is -2.52. The van der Waals surface area contributed by atoms with Gasteiger partial charge in [-0.3, -0.25) is 9.80 Å². The van der Waals surface area contributed by atoms with E-state index in [-0.39, 0.29) is 6.09 Å². The highest BCUT2D eigenvalue weighted by Gasteiger charge is 2.62. The summed E-state index contributed by atoms with van der Waals surface area (Å²) in [5.41, 5.74) is -0.363. The van der Waals surface area contributed by atoms with Gasteiger partial charge in [0.1, 0.15) is 5.60 Å². The molecule has 138 valence electrons. The molecule has 3 atom stereocenters. The van der Waals surface area contributed by atoms with Crippen LogP contribution in [0.1, 0.15) is 46.6 Å². The second-order valence-corrected chi connectivity index (χ2v) is 9.02. The monoisotopic (exact) mass is 346 g/mol. The molecule has 1 aromatic carbocycles. The molecule has 25 heavy (non-hydrogen) atoms. The Labute approximate surface area is 150 Å². The predicted octanol–water partition coefficient (Wildman–Crippen LogP) is 3.02. The van der Waals surface area contributed by atoms with Crippen LogP contribution in [0.25, 0.3) is 0 Å². The first-order valence-electron chi connectivity index (χ1n) is 9.01. The lowest BCUT2D eigenvalue weighted by atomic mass is 9.94. The lowest BCUT2D eigenvalue weighted by Crippen LogP contribution is -2.68. The molecule has 2 aliphatic rings. The van der Waals surface area contributed by atoms with Gasteiger partial charge in [-0.2, -0.15) is 0 Å². The number of aliphatic hydroxyl groups is 1. The molecule has 3 unspecified atom stereocenters. The lowest BCUT2D eigenvalue weighted by molar-refractivity contribution is -0.0710. The van der Waals surface area contributed by atoms with Gasteiger partial charge in [0, 0.05) is 26.1 Å². The Kier molecular flexibility index (Phi) is 4.36. The molecule has 2 bridgehead atoms. The van der Waals surface area contributed by atoms with E-state index in [1.807, 2.05) is 45.9 Å². The van der Waals surface area contributed by atoms with Crippen molar-refractivity contribution in [3.05, 3.63) is 35.9 Å². The van der Waals surface area contributed by atoms with Crippen LogP contribution in [0.4, 0.5) is 4.79 Å². The highest BCUT2D eigenvalue weighted by atomic mass is 16.6. The molecule has 0 saturated carbocycles. The average Bonchev–Trinajstić information content (AvgIpc) is 2.57. The average molecular weight is 346 g/mol. The largest absolute Gasteiger partial charge is 0.444 e. The number of likely N-dealkylation sites (tertiary alicyclic amines) is 1. The number of piperazine rings is 1. The Bertz CT molecular complexity index is 642. The zero-order valence-electron chi connectivity index (χ0n) is 16.0.